The molecule has 8 heteroatoms. The van der Waals surface area contributed by atoms with E-state index in [0.29, 0.717) is 10.5 Å². The second-order valence-corrected chi connectivity index (χ2v) is 6.84. The van der Waals surface area contributed by atoms with Gasteiger partial charge in [-0.15, -0.1) is 11.8 Å². The predicted molar refractivity (Wildman–Crippen MR) is 92.8 cm³/mol. The highest BCUT2D eigenvalue weighted by Gasteiger charge is 2.23. The molecular weight excluding hydrogens is 355 g/mol. The van der Waals surface area contributed by atoms with Crippen molar-refractivity contribution in [3.63, 3.8) is 0 Å². The third-order valence-corrected chi connectivity index (χ3v) is 4.95. The van der Waals surface area contributed by atoms with Gasteiger partial charge in [0.25, 0.3) is 5.69 Å². The Kier molecular flexibility index (Phi) is 6.56. The van der Waals surface area contributed by atoms with Gasteiger partial charge in [-0.1, -0.05) is 23.7 Å². The molecule has 0 aliphatic heterocycles. The van der Waals surface area contributed by atoms with E-state index in [9.17, 15) is 19.6 Å². The third-order valence-electron chi connectivity index (χ3n) is 3.37. The standard InChI is InChI=1S/C16H16ClFN2O3S/c17-11-4-5-15(14(7-11)20(22)23)24-16(8-13(21)9-19)10-2-1-3-12(18)6-10/h1-7,13,16,21H,8-9,19H2/t13-,16-/m1/s1. The van der Waals surface area contributed by atoms with E-state index in [0.717, 1.165) is 0 Å². The number of thioether (sulfide) groups is 1. The van der Waals surface area contributed by atoms with Crippen molar-refractivity contribution >= 4 is 29.1 Å². The van der Waals surface area contributed by atoms with Crippen molar-refractivity contribution in [3.8, 4) is 0 Å². The summed E-state index contributed by atoms with van der Waals surface area (Å²) in [6, 6.07) is 10.3. The minimum atomic E-state index is -0.794. The number of aliphatic hydroxyl groups is 1. The topological polar surface area (TPSA) is 89.4 Å². The van der Waals surface area contributed by atoms with E-state index in [-0.39, 0.29) is 28.9 Å². The number of hydrogen-bond donors (Lipinski definition) is 2. The van der Waals surface area contributed by atoms with Crippen molar-refractivity contribution in [2.75, 3.05) is 6.54 Å². The van der Waals surface area contributed by atoms with Crippen LogP contribution in [0.1, 0.15) is 17.2 Å². The van der Waals surface area contributed by atoms with Gasteiger partial charge in [0, 0.05) is 22.9 Å². The smallest absolute Gasteiger partial charge is 0.284 e. The first-order valence-electron chi connectivity index (χ1n) is 7.15. The molecular formula is C16H16ClFN2O3S. The minimum Gasteiger partial charge on any atom is -0.392 e. The number of nitrogens with two attached hydrogens (primary N) is 1. The van der Waals surface area contributed by atoms with Gasteiger partial charge in [-0.25, -0.2) is 4.39 Å². The van der Waals surface area contributed by atoms with Crippen LogP contribution in [0, 0.1) is 15.9 Å². The van der Waals surface area contributed by atoms with Crippen molar-refractivity contribution in [1.82, 2.24) is 0 Å². The van der Waals surface area contributed by atoms with Crippen molar-refractivity contribution in [2.45, 2.75) is 22.7 Å². The van der Waals surface area contributed by atoms with E-state index < -0.39 is 16.8 Å². The Balaban J connectivity index is 2.37. The number of aliphatic hydroxyl groups excluding tert-OH is 1. The summed E-state index contributed by atoms with van der Waals surface area (Å²) < 4.78 is 13.5. The lowest BCUT2D eigenvalue weighted by atomic mass is 10.1. The molecule has 0 saturated heterocycles. The van der Waals surface area contributed by atoms with Crippen LogP contribution in [0.3, 0.4) is 0 Å². The Morgan fingerprint density at radius 2 is 2.08 bits per heavy atom. The highest BCUT2D eigenvalue weighted by Crippen LogP contribution is 2.43. The molecule has 0 unspecified atom stereocenters. The zero-order chi connectivity index (χ0) is 17.7. The first-order valence-corrected chi connectivity index (χ1v) is 8.40. The van der Waals surface area contributed by atoms with Gasteiger partial charge in [-0.2, -0.15) is 0 Å². The number of nitro groups is 1. The van der Waals surface area contributed by atoms with E-state index in [1.165, 1.54) is 30.0 Å². The summed E-state index contributed by atoms with van der Waals surface area (Å²) in [5.41, 5.74) is 5.95. The lowest BCUT2D eigenvalue weighted by Crippen LogP contribution is -2.21. The maximum absolute atomic E-state index is 13.5. The number of benzene rings is 2. The molecule has 0 aromatic heterocycles. The molecule has 0 heterocycles. The molecule has 5 nitrogen and oxygen atoms in total. The molecule has 0 bridgehead atoms. The van der Waals surface area contributed by atoms with Crippen LogP contribution >= 0.6 is 23.4 Å². The van der Waals surface area contributed by atoms with Crippen molar-refractivity contribution in [2.24, 2.45) is 5.73 Å². The van der Waals surface area contributed by atoms with E-state index in [4.69, 9.17) is 17.3 Å². The van der Waals surface area contributed by atoms with E-state index in [2.05, 4.69) is 0 Å². The van der Waals surface area contributed by atoms with E-state index in [1.807, 2.05) is 0 Å². The fourth-order valence-electron chi connectivity index (χ4n) is 2.19. The van der Waals surface area contributed by atoms with Crippen LogP contribution in [0.4, 0.5) is 10.1 Å². The molecule has 0 amide bonds. The molecule has 0 fully saturated rings. The van der Waals surface area contributed by atoms with Gasteiger partial charge in [-0.3, -0.25) is 10.1 Å². The maximum atomic E-state index is 13.5. The summed E-state index contributed by atoms with van der Waals surface area (Å²) in [5, 5.41) is 21.0. The summed E-state index contributed by atoms with van der Waals surface area (Å²) in [7, 11) is 0. The van der Waals surface area contributed by atoms with Crippen LogP contribution in [0.2, 0.25) is 5.02 Å². The van der Waals surface area contributed by atoms with Crippen LogP contribution in [-0.4, -0.2) is 22.7 Å². The molecule has 0 aliphatic carbocycles. The number of halogens is 2. The second kappa shape index (κ2) is 8.43. The Labute approximate surface area is 147 Å². The minimum absolute atomic E-state index is 0.0507. The van der Waals surface area contributed by atoms with Crippen molar-refractivity contribution < 1.29 is 14.4 Å². The zero-order valence-electron chi connectivity index (χ0n) is 12.6. The highest BCUT2D eigenvalue weighted by molar-refractivity contribution is 7.99. The predicted octanol–water partition coefficient (Wildman–Crippen LogP) is 3.93. The lowest BCUT2D eigenvalue weighted by molar-refractivity contribution is -0.387. The Morgan fingerprint density at radius 1 is 1.33 bits per heavy atom. The van der Waals surface area contributed by atoms with Gasteiger partial charge < -0.3 is 10.8 Å². The lowest BCUT2D eigenvalue weighted by Gasteiger charge is -2.20. The Bertz CT molecular complexity index is 732. The summed E-state index contributed by atoms with van der Waals surface area (Å²) in [6.07, 6.45) is -0.554. The van der Waals surface area contributed by atoms with Crippen molar-refractivity contribution in [3.05, 3.63) is 69.0 Å². The van der Waals surface area contributed by atoms with Gasteiger partial charge in [0.2, 0.25) is 0 Å². The van der Waals surface area contributed by atoms with Gasteiger partial charge in [0.05, 0.1) is 15.9 Å². The maximum Gasteiger partial charge on any atom is 0.284 e. The van der Waals surface area contributed by atoms with Gasteiger partial charge in [-0.05, 0) is 36.2 Å². The van der Waals surface area contributed by atoms with Crippen molar-refractivity contribution in [1.29, 1.82) is 0 Å². The summed E-state index contributed by atoms with van der Waals surface area (Å²) >= 11 is 7.00. The van der Waals surface area contributed by atoms with Gasteiger partial charge in [0.15, 0.2) is 0 Å². The second-order valence-electron chi connectivity index (χ2n) is 5.16. The molecule has 0 spiro atoms. The highest BCUT2D eigenvalue weighted by atomic mass is 35.5. The molecule has 3 N–H and O–H groups in total. The average molecular weight is 371 g/mol. The number of nitro benzene ring substituents is 1. The molecule has 24 heavy (non-hydrogen) atoms. The number of hydrogen-bond acceptors (Lipinski definition) is 5. The van der Waals surface area contributed by atoms with E-state index >= 15 is 0 Å². The Hall–Kier alpha value is -1.67. The molecule has 0 aliphatic rings. The number of nitrogens with zero attached hydrogens (tertiary/aromatic N) is 1. The van der Waals surface area contributed by atoms with Crippen LogP contribution in [0.15, 0.2) is 47.4 Å². The molecule has 2 aromatic rings. The Morgan fingerprint density at radius 3 is 2.71 bits per heavy atom. The molecule has 2 aromatic carbocycles. The molecule has 2 rings (SSSR count). The van der Waals surface area contributed by atoms with Crippen LogP contribution < -0.4 is 5.73 Å². The quantitative estimate of drug-likeness (QED) is 0.438. The fourth-order valence-corrected chi connectivity index (χ4v) is 3.66. The van der Waals surface area contributed by atoms with Crippen LogP contribution in [0.25, 0.3) is 0 Å². The molecule has 0 radical (unpaired) electrons. The normalized spacial score (nSPS) is 13.5. The molecule has 0 saturated carbocycles. The molecule has 2 atom stereocenters. The number of rotatable bonds is 7. The largest absolute Gasteiger partial charge is 0.392 e. The summed E-state index contributed by atoms with van der Waals surface area (Å²) in [4.78, 5) is 11.1. The monoisotopic (exact) mass is 370 g/mol. The van der Waals surface area contributed by atoms with Crippen LogP contribution in [-0.2, 0) is 0 Å². The molecule has 128 valence electrons. The SMILES string of the molecule is NC[C@H](O)C[C@@H](Sc1ccc(Cl)cc1[N+](=O)[O-])c1cccc(F)c1. The average Bonchev–Trinajstić information content (AvgIpc) is 2.55. The summed E-state index contributed by atoms with van der Waals surface area (Å²) in [5.74, 6) is -0.411. The fraction of sp³-hybridized carbons (Fsp3) is 0.250. The van der Waals surface area contributed by atoms with Crippen LogP contribution in [0.5, 0.6) is 0 Å². The van der Waals surface area contributed by atoms with Gasteiger partial charge >= 0.3 is 0 Å². The first kappa shape index (κ1) is 18.7. The zero-order valence-corrected chi connectivity index (χ0v) is 14.1. The third kappa shape index (κ3) is 4.91. The summed E-state index contributed by atoms with van der Waals surface area (Å²) in [6.45, 7) is 0.0507. The van der Waals surface area contributed by atoms with Gasteiger partial charge in [0.1, 0.15) is 5.82 Å². The first-order chi connectivity index (χ1) is 11.4. The van der Waals surface area contributed by atoms with E-state index in [1.54, 1.807) is 24.3 Å².